The molecular formula is C19H27N3O5. The Kier molecular flexibility index (Phi) is 8.19. The second-order valence-electron chi connectivity index (χ2n) is 6.93. The molecule has 1 aromatic rings. The van der Waals surface area contributed by atoms with Crippen LogP contribution in [-0.4, -0.2) is 69.0 Å². The predicted molar refractivity (Wildman–Crippen MR) is 97.9 cm³/mol. The molecule has 0 aromatic carbocycles. The highest BCUT2D eigenvalue weighted by molar-refractivity contribution is 6.27. The number of pyridine rings is 1. The van der Waals surface area contributed by atoms with E-state index in [2.05, 4.69) is 20.9 Å². The number of likely N-dealkylation sites (tertiary alicyclic amines) is 2. The van der Waals surface area contributed by atoms with Crippen molar-refractivity contribution in [3.05, 3.63) is 30.1 Å². The molecule has 2 fully saturated rings. The summed E-state index contributed by atoms with van der Waals surface area (Å²) >= 11 is 0. The molecular weight excluding hydrogens is 350 g/mol. The van der Waals surface area contributed by atoms with Crippen LogP contribution in [-0.2, 0) is 20.9 Å². The van der Waals surface area contributed by atoms with E-state index in [9.17, 15) is 4.79 Å². The Morgan fingerprint density at radius 3 is 2.33 bits per heavy atom. The average molecular weight is 377 g/mol. The van der Waals surface area contributed by atoms with E-state index in [0.717, 1.165) is 45.6 Å². The summed E-state index contributed by atoms with van der Waals surface area (Å²) in [6, 6.07) is 4.10. The molecule has 8 nitrogen and oxygen atoms in total. The molecule has 2 saturated heterocycles. The van der Waals surface area contributed by atoms with E-state index in [4.69, 9.17) is 19.8 Å². The van der Waals surface area contributed by atoms with Crippen molar-refractivity contribution in [2.75, 3.05) is 26.2 Å². The lowest BCUT2D eigenvalue weighted by molar-refractivity contribution is -0.159. The second kappa shape index (κ2) is 10.6. The van der Waals surface area contributed by atoms with E-state index < -0.39 is 11.9 Å². The Labute approximate surface area is 158 Å². The van der Waals surface area contributed by atoms with Crippen LogP contribution in [0.25, 0.3) is 0 Å². The lowest BCUT2D eigenvalue weighted by atomic mass is 9.95. The minimum Gasteiger partial charge on any atom is -0.473 e. The molecule has 0 spiro atoms. The van der Waals surface area contributed by atoms with Gasteiger partial charge in [0, 0.05) is 38.6 Å². The molecule has 148 valence electrons. The summed E-state index contributed by atoms with van der Waals surface area (Å²) in [7, 11) is 0. The molecule has 1 amide bonds. The van der Waals surface area contributed by atoms with Crippen molar-refractivity contribution in [3.8, 4) is 0 Å². The second-order valence-corrected chi connectivity index (χ2v) is 6.93. The number of nitrogens with zero attached hydrogens (tertiary/aromatic N) is 3. The Morgan fingerprint density at radius 2 is 1.74 bits per heavy atom. The summed E-state index contributed by atoms with van der Waals surface area (Å²) in [4.78, 5) is 39.5. The molecule has 1 unspecified atom stereocenters. The van der Waals surface area contributed by atoms with E-state index in [-0.39, 0.29) is 5.92 Å². The number of carboxylic acid groups (broad SMARTS) is 2. The molecule has 8 heteroatoms. The van der Waals surface area contributed by atoms with Crippen molar-refractivity contribution >= 4 is 17.8 Å². The lowest BCUT2D eigenvalue weighted by Crippen LogP contribution is -2.46. The van der Waals surface area contributed by atoms with Crippen LogP contribution >= 0.6 is 0 Å². The van der Waals surface area contributed by atoms with Crippen LogP contribution in [0.1, 0.15) is 37.7 Å². The first kappa shape index (κ1) is 20.8. The van der Waals surface area contributed by atoms with Crippen LogP contribution in [0.3, 0.4) is 0 Å². The topological polar surface area (TPSA) is 111 Å². The van der Waals surface area contributed by atoms with Crippen LogP contribution in [0, 0.1) is 5.92 Å². The molecule has 2 N–H and O–H groups in total. The molecule has 0 saturated carbocycles. The van der Waals surface area contributed by atoms with E-state index in [1.165, 1.54) is 24.8 Å². The highest BCUT2D eigenvalue weighted by Crippen LogP contribution is 2.22. The van der Waals surface area contributed by atoms with E-state index >= 15 is 0 Å². The van der Waals surface area contributed by atoms with Gasteiger partial charge in [-0.15, -0.1) is 0 Å². The standard InChI is InChI=1S/C17H25N3O.C2H2O4/c21-17(20-10-2-1-3-11-20)16-7-5-9-19(14-16)13-15-6-4-8-18-12-15;3-1(4)2(5)6/h4,6,8,12,16H,1-3,5,7,9-11,13-14H2;(H,3,4)(H,5,6). The number of carbonyl (C=O) groups excluding carboxylic acids is 1. The van der Waals surface area contributed by atoms with Gasteiger partial charge in [-0.2, -0.15) is 0 Å². The quantitative estimate of drug-likeness (QED) is 0.767. The summed E-state index contributed by atoms with van der Waals surface area (Å²) in [5, 5.41) is 14.8. The predicted octanol–water partition coefficient (Wildman–Crippen LogP) is 1.46. The zero-order valence-corrected chi connectivity index (χ0v) is 15.4. The maximum Gasteiger partial charge on any atom is 0.414 e. The van der Waals surface area contributed by atoms with Gasteiger partial charge in [-0.1, -0.05) is 6.07 Å². The molecule has 3 heterocycles. The fourth-order valence-electron chi connectivity index (χ4n) is 3.52. The van der Waals surface area contributed by atoms with Crippen LogP contribution < -0.4 is 0 Å². The van der Waals surface area contributed by atoms with E-state index in [1.807, 2.05) is 18.5 Å². The Morgan fingerprint density at radius 1 is 1.04 bits per heavy atom. The van der Waals surface area contributed by atoms with Crippen LogP contribution in [0.5, 0.6) is 0 Å². The Bertz CT molecular complexity index is 619. The molecule has 1 atom stereocenters. The molecule has 27 heavy (non-hydrogen) atoms. The molecule has 0 radical (unpaired) electrons. The molecule has 0 bridgehead atoms. The lowest BCUT2D eigenvalue weighted by Gasteiger charge is -2.36. The van der Waals surface area contributed by atoms with Crippen LogP contribution in [0.2, 0.25) is 0 Å². The summed E-state index contributed by atoms with van der Waals surface area (Å²) in [5.41, 5.74) is 1.24. The van der Waals surface area contributed by atoms with Crippen LogP contribution in [0.15, 0.2) is 24.5 Å². The van der Waals surface area contributed by atoms with Crippen molar-refractivity contribution in [1.29, 1.82) is 0 Å². The first-order chi connectivity index (χ1) is 13.0. The maximum absolute atomic E-state index is 12.6. The third-order valence-corrected chi connectivity index (χ3v) is 4.83. The van der Waals surface area contributed by atoms with Crippen molar-refractivity contribution in [3.63, 3.8) is 0 Å². The minimum atomic E-state index is -1.82. The van der Waals surface area contributed by atoms with Crippen LogP contribution in [0.4, 0.5) is 0 Å². The van der Waals surface area contributed by atoms with Gasteiger partial charge in [0.15, 0.2) is 0 Å². The molecule has 1 aromatic heterocycles. The number of hydrogen-bond donors (Lipinski definition) is 2. The maximum atomic E-state index is 12.6. The number of aliphatic carboxylic acids is 2. The number of carboxylic acids is 2. The summed E-state index contributed by atoms with van der Waals surface area (Å²) in [5.74, 6) is -3.05. The van der Waals surface area contributed by atoms with Gasteiger partial charge in [0.1, 0.15) is 0 Å². The third kappa shape index (κ3) is 6.97. The van der Waals surface area contributed by atoms with Crippen molar-refractivity contribution < 1.29 is 24.6 Å². The zero-order valence-electron chi connectivity index (χ0n) is 15.4. The SMILES string of the molecule is O=C(C1CCCN(Cc2cccnc2)C1)N1CCCCC1.O=C(O)C(=O)O. The Hall–Kier alpha value is -2.48. The van der Waals surface area contributed by atoms with Crippen molar-refractivity contribution in [1.82, 2.24) is 14.8 Å². The highest BCUT2D eigenvalue weighted by atomic mass is 16.4. The number of carbonyl (C=O) groups is 3. The van der Waals surface area contributed by atoms with Gasteiger partial charge in [0.05, 0.1) is 5.92 Å². The van der Waals surface area contributed by atoms with Gasteiger partial charge in [0.2, 0.25) is 5.91 Å². The molecule has 2 aliphatic rings. The normalized spacial score (nSPS) is 20.3. The van der Waals surface area contributed by atoms with Gasteiger partial charge in [0.25, 0.3) is 0 Å². The van der Waals surface area contributed by atoms with Gasteiger partial charge in [-0.3, -0.25) is 14.7 Å². The monoisotopic (exact) mass is 377 g/mol. The number of rotatable bonds is 3. The summed E-state index contributed by atoms with van der Waals surface area (Å²) < 4.78 is 0. The molecule has 0 aliphatic carbocycles. The van der Waals surface area contributed by atoms with Gasteiger partial charge >= 0.3 is 11.9 Å². The van der Waals surface area contributed by atoms with E-state index in [1.54, 1.807) is 0 Å². The van der Waals surface area contributed by atoms with Gasteiger partial charge in [-0.25, -0.2) is 9.59 Å². The zero-order chi connectivity index (χ0) is 19.6. The van der Waals surface area contributed by atoms with Crippen molar-refractivity contribution in [2.45, 2.75) is 38.6 Å². The molecule has 2 aliphatic heterocycles. The number of amides is 1. The van der Waals surface area contributed by atoms with E-state index in [0.29, 0.717) is 5.91 Å². The largest absolute Gasteiger partial charge is 0.473 e. The Balaban J connectivity index is 0.000000380. The summed E-state index contributed by atoms with van der Waals surface area (Å²) in [6.45, 7) is 4.86. The third-order valence-electron chi connectivity index (χ3n) is 4.83. The number of hydrogen-bond acceptors (Lipinski definition) is 5. The first-order valence-corrected chi connectivity index (χ1v) is 9.33. The fourth-order valence-corrected chi connectivity index (χ4v) is 3.52. The fraction of sp³-hybridized carbons (Fsp3) is 0.579. The molecule has 3 rings (SSSR count). The summed E-state index contributed by atoms with van der Waals surface area (Å²) in [6.07, 6.45) is 9.55. The van der Waals surface area contributed by atoms with Gasteiger partial charge < -0.3 is 15.1 Å². The first-order valence-electron chi connectivity index (χ1n) is 9.33. The average Bonchev–Trinajstić information content (AvgIpc) is 2.69. The minimum absolute atomic E-state index is 0.202. The van der Waals surface area contributed by atoms with Crippen molar-refractivity contribution in [2.24, 2.45) is 5.92 Å². The smallest absolute Gasteiger partial charge is 0.414 e. The number of aromatic nitrogens is 1. The highest BCUT2D eigenvalue weighted by Gasteiger charge is 2.29. The van der Waals surface area contributed by atoms with Gasteiger partial charge in [-0.05, 0) is 50.3 Å². The number of piperidine rings is 2.